The molecule has 0 fully saturated rings. The van der Waals surface area contributed by atoms with Gasteiger partial charge in [-0.05, 0) is 12.1 Å². The standard InChI is InChI=1S/C15H12ClF3N2O4/c1-24-10(22)6-7-20-13(23)11-12(15(17,18)19)25-14(21-11)8-4-2-3-5-9(8)16/h2-5H,6-7H2,1H3,(H,20,23). The smallest absolute Gasteiger partial charge is 0.452 e. The number of hydrogen-bond donors (Lipinski definition) is 1. The van der Waals surface area contributed by atoms with Gasteiger partial charge in [0, 0.05) is 6.54 Å². The van der Waals surface area contributed by atoms with Crippen LogP contribution in [-0.4, -0.2) is 30.5 Å². The lowest BCUT2D eigenvalue weighted by Gasteiger charge is -2.05. The molecule has 0 saturated carbocycles. The molecule has 1 heterocycles. The number of alkyl halides is 3. The van der Waals surface area contributed by atoms with E-state index in [1.807, 2.05) is 0 Å². The Balaban J connectivity index is 2.32. The number of carbonyl (C=O) groups excluding carboxylic acids is 2. The molecule has 1 aromatic carbocycles. The van der Waals surface area contributed by atoms with E-state index in [1.54, 1.807) is 6.07 Å². The first-order chi connectivity index (χ1) is 11.7. The fourth-order valence-electron chi connectivity index (χ4n) is 1.88. The van der Waals surface area contributed by atoms with Gasteiger partial charge in [-0.3, -0.25) is 9.59 Å². The molecule has 25 heavy (non-hydrogen) atoms. The third-order valence-corrected chi connectivity index (χ3v) is 3.38. The summed E-state index contributed by atoms with van der Waals surface area (Å²) in [6.07, 6.45) is -5.12. The van der Waals surface area contributed by atoms with Gasteiger partial charge < -0.3 is 14.5 Å². The number of nitrogens with zero attached hydrogens (tertiary/aromatic N) is 1. The lowest BCUT2D eigenvalue weighted by molar-refractivity contribution is -0.153. The zero-order valence-corrected chi connectivity index (χ0v) is 13.6. The third-order valence-electron chi connectivity index (χ3n) is 3.05. The lowest BCUT2D eigenvalue weighted by Crippen LogP contribution is -2.28. The zero-order chi connectivity index (χ0) is 18.6. The minimum Gasteiger partial charge on any atom is -0.469 e. The average Bonchev–Trinajstić information content (AvgIpc) is 3.00. The first kappa shape index (κ1) is 18.8. The highest BCUT2D eigenvalue weighted by molar-refractivity contribution is 6.33. The molecule has 2 aromatic rings. The average molecular weight is 377 g/mol. The van der Waals surface area contributed by atoms with Crippen LogP contribution in [0.1, 0.15) is 22.7 Å². The maximum absolute atomic E-state index is 13.1. The molecule has 0 unspecified atom stereocenters. The summed E-state index contributed by atoms with van der Waals surface area (Å²) < 4.78 is 48.5. The number of benzene rings is 1. The van der Waals surface area contributed by atoms with E-state index in [9.17, 15) is 22.8 Å². The van der Waals surface area contributed by atoms with E-state index >= 15 is 0 Å². The van der Waals surface area contributed by atoms with Gasteiger partial charge >= 0.3 is 12.1 Å². The Morgan fingerprint density at radius 1 is 1.32 bits per heavy atom. The fourth-order valence-corrected chi connectivity index (χ4v) is 2.10. The molecule has 0 bridgehead atoms. The van der Waals surface area contributed by atoms with Gasteiger partial charge in [-0.15, -0.1) is 0 Å². The van der Waals surface area contributed by atoms with Crippen molar-refractivity contribution in [1.82, 2.24) is 10.3 Å². The number of oxazole rings is 1. The molecule has 0 spiro atoms. The predicted octanol–water partition coefficient (Wildman–Crippen LogP) is 3.31. The topological polar surface area (TPSA) is 81.4 Å². The van der Waals surface area contributed by atoms with Gasteiger partial charge in [0.05, 0.1) is 24.1 Å². The van der Waals surface area contributed by atoms with Crippen LogP contribution in [-0.2, 0) is 15.7 Å². The van der Waals surface area contributed by atoms with E-state index in [2.05, 4.69) is 15.0 Å². The lowest BCUT2D eigenvalue weighted by atomic mass is 10.2. The summed E-state index contributed by atoms with van der Waals surface area (Å²) in [5, 5.41) is 2.28. The SMILES string of the molecule is COC(=O)CCNC(=O)c1nc(-c2ccccc2Cl)oc1C(F)(F)F. The molecular weight excluding hydrogens is 365 g/mol. The van der Waals surface area contributed by atoms with Crippen LogP contribution in [0.15, 0.2) is 28.7 Å². The first-order valence-electron chi connectivity index (χ1n) is 6.92. The van der Waals surface area contributed by atoms with Crippen molar-refractivity contribution in [3.05, 3.63) is 40.7 Å². The number of amides is 1. The van der Waals surface area contributed by atoms with Crippen LogP contribution < -0.4 is 5.32 Å². The highest BCUT2D eigenvalue weighted by Gasteiger charge is 2.42. The minimum atomic E-state index is -4.93. The molecule has 0 saturated heterocycles. The predicted molar refractivity (Wildman–Crippen MR) is 80.9 cm³/mol. The first-order valence-corrected chi connectivity index (χ1v) is 7.29. The second-order valence-electron chi connectivity index (χ2n) is 4.76. The molecule has 1 N–H and O–H groups in total. The van der Waals surface area contributed by atoms with E-state index in [-0.39, 0.29) is 23.6 Å². The minimum absolute atomic E-state index is 0.114. The van der Waals surface area contributed by atoms with Crippen molar-refractivity contribution in [2.24, 2.45) is 0 Å². The number of rotatable bonds is 5. The second-order valence-corrected chi connectivity index (χ2v) is 5.16. The van der Waals surface area contributed by atoms with Crippen LogP contribution in [0, 0.1) is 0 Å². The summed E-state index contributed by atoms with van der Waals surface area (Å²) in [5.74, 6) is -3.72. The van der Waals surface area contributed by atoms with Crippen LogP contribution in [0.2, 0.25) is 5.02 Å². The Hall–Kier alpha value is -2.55. The summed E-state index contributed by atoms with van der Waals surface area (Å²) in [6, 6.07) is 5.98. The number of carbonyl (C=O) groups is 2. The Morgan fingerprint density at radius 3 is 2.60 bits per heavy atom. The van der Waals surface area contributed by atoms with Crippen molar-refractivity contribution in [3.8, 4) is 11.5 Å². The van der Waals surface area contributed by atoms with Crippen molar-refractivity contribution in [3.63, 3.8) is 0 Å². The quantitative estimate of drug-likeness (QED) is 0.810. The molecule has 0 aliphatic carbocycles. The normalized spacial score (nSPS) is 11.2. The van der Waals surface area contributed by atoms with Crippen molar-refractivity contribution < 1.29 is 31.9 Å². The van der Waals surface area contributed by atoms with Crippen molar-refractivity contribution in [2.75, 3.05) is 13.7 Å². The van der Waals surface area contributed by atoms with Gasteiger partial charge in [-0.2, -0.15) is 13.2 Å². The number of hydrogen-bond acceptors (Lipinski definition) is 5. The summed E-state index contributed by atoms with van der Waals surface area (Å²) in [4.78, 5) is 26.6. The summed E-state index contributed by atoms with van der Waals surface area (Å²) in [5.41, 5.74) is -0.824. The summed E-state index contributed by atoms with van der Waals surface area (Å²) >= 11 is 5.92. The van der Waals surface area contributed by atoms with Gasteiger partial charge in [0.15, 0.2) is 5.69 Å². The van der Waals surface area contributed by atoms with Crippen molar-refractivity contribution >= 4 is 23.5 Å². The zero-order valence-electron chi connectivity index (χ0n) is 12.8. The molecule has 10 heteroatoms. The molecule has 1 aromatic heterocycles. The summed E-state index contributed by atoms with van der Waals surface area (Å²) in [6.45, 7) is -0.211. The third kappa shape index (κ3) is 4.50. The Bertz CT molecular complexity index is 789. The van der Waals surface area contributed by atoms with Gasteiger partial charge in [0.1, 0.15) is 0 Å². The number of nitrogens with one attached hydrogen (secondary N) is 1. The number of aromatic nitrogens is 1. The van der Waals surface area contributed by atoms with Crippen LogP contribution in [0.5, 0.6) is 0 Å². The number of methoxy groups -OCH3 is 1. The van der Waals surface area contributed by atoms with Crippen molar-refractivity contribution in [2.45, 2.75) is 12.6 Å². The Morgan fingerprint density at radius 2 is 2.00 bits per heavy atom. The van der Waals surface area contributed by atoms with Gasteiger partial charge in [-0.1, -0.05) is 23.7 Å². The molecule has 1 amide bonds. The molecule has 134 valence electrons. The number of ether oxygens (including phenoxy) is 1. The maximum atomic E-state index is 13.1. The molecule has 6 nitrogen and oxygen atoms in total. The molecular formula is C15H12ClF3N2O4. The molecule has 0 atom stereocenters. The highest BCUT2D eigenvalue weighted by atomic mass is 35.5. The number of esters is 1. The largest absolute Gasteiger partial charge is 0.469 e. The van der Waals surface area contributed by atoms with E-state index in [4.69, 9.17) is 16.0 Å². The van der Waals surface area contributed by atoms with Crippen LogP contribution in [0.25, 0.3) is 11.5 Å². The Kier molecular flexibility index (Phi) is 5.68. The van der Waals surface area contributed by atoms with Crippen LogP contribution in [0.3, 0.4) is 0 Å². The van der Waals surface area contributed by atoms with Crippen molar-refractivity contribution in [1.29, 1.82) is 0 Å². The number of halogens is 4. The van der Waals surface area contributed by atoms with Gasteiger partial charge in [0.25, 0.3) is 5.91 Å². The van der Waals surface area contributed by atoms with Gasteiger partial charge in [0.2, 0.25) is 11.7 Å². The highest BCUT2D eigenvalue weighted by Crippen LogP contribution is 2.36. The molecule has 0 aliphatic heterocycles. The van der Waals surface area contributed by atoms with Crippen LogP contribution >= 0.6 is 11.6 Å². The van der Waals surface area contributed by atoms with E-state index in [0.29, 0.717) is 0 Å². The van der Waals surface area contributed by atoms with Crippen LogP contribution in [0.4, 0.5) is 13.2 Å². The fraction of sp³-hybridized carbons (Fsp3) is 0.267. The van der Waals surface area contributed by atoms with E-state index < -0.39 is 35.4 Å². The Labute approximate surface area is 144 Å². The molecule has 2 rings (SSSR count). The molecule has 0 aliphatic rings. The monoisotopic (exact) mass is 376 g/mol. The second kappa shape index (κ2) is 7.56. The molecule has 0 radical (unpaired) electrons. The van der Waals surface area contributed by atoms with E-state index in [1.165, 1.54) is 18.2 Å². The summed E-state index contributed by atoms with van der Waals surface area (Å²) in [7, 11) is 1.15. The van der Waals surface area contributed by atoms with E-state index in [0.717, 1.165) is 7.11 Å². The maximum Gasteiger partial charge on any atom is 0.452 e. The van der Waals surface area contributed by atoms with Gasteiger partial charge in [-0.25, -0.2) is 4.98 Å².